The van der Waals surface area contributed by atoms with E-state index in [0.29, 0.717) is 12.8 Å². The summed E-state index contributed by atoms with van der Waals surface area (Å²) in [5.41, 5.74) is 5.48. The van der Waals surface area contributed by atoms with Gasteiger partial charge >= 0.3 is 0 Å². The Balaban J connectivity index is 0.00000256. The predicted molar refractivity (Wildman–Crippen MR) is 69.3 cm³/mol. The van der Waals surface area contributed by atoms with Crippen LogP contribution in [0.15, 0.2) is 23.2 Å². The summed E-state index contributed by atoms with van der Waals surface area (Å²) in [4.78, 5) is 0. The summed E-state index contributed by atoms with van der Waals surface area (Å²) in [5, 5.41) is 9.61. The number of phenols is 1. The molecule has 1 aromatic rings. The van der Waals surface area contributed by atoms with Crippen LogP contribution in [-0.4, -0.2) is 5.11 Å². The summed E-state index contributed by atoms with van der Waals surface area (Å²) in [5.74, 6) is -2.48. The average molecular weight is 329 g/mol. The number of hydrogen-bond donors (Lipinski definition) is 2. The van der Waals surface area contributed by atoms with Crippen LogP contribution in [0, 0.1) is 11.6 Å². The lowest BCUT2D eigenvalue weighted by atomic mass is 10.0. The molecule has 1 rings (SSSR count). The molecule has 3 N–H and O–H groups in total. The molecular formula is C11H13BrClF2NO. The lowest BCUT2D eigenvalue weighted by Crippen LogP contribution is -2.13. The van der Waals surface area contributed by atoms with Gasteiger partial charge in [0, 0.05) is 6.04 Å². The number of phenolic OH excluding ortho intramolecular Hbond substituents is 1. The zero-order valence-corrected chi connectivity index (χ0v) is 11.3. The Morgan fingerprint density at radius 1 is 1.53 bits per heavy atom. The maximum atomic E-state index is 13.5. The van der Waals surface area contributed by atoms with E-state index in [1.807, 2.05) is 0 Å². The van der Waals surface area contributed by atoms with Crippen molar-refractivity contribution in [1.29, 1.82) is 0 Å². The van der Waals surface area contributed by atoms with Gasteiger partial charge in [0.05, 0.1) is 10.0 Å². The van der Waals surface area contributed by atoms with Crippen LogP contribution >= 0.6 is 28.3 Å². The van der Waals surface area contributed by atoms with Gasteiger partial charge in [-0.25, -0.2) is 8.78 Å². The Hall–Kier alpha value is -0.650. The van der Waals surface area contributed by atoms with Crippen molar-refractivity contribution in [2.24, 2.45) is 5.73 Å². The Labute approximate surface area is 113 Å². The largest absolute Gasteiger partial charge is 0.506 e. The fourth-order valence-electron chi connectivity index (χ4n) is 1.38. The van der Waals surface area contributed by atoms with Crippen molar-refractivity contribution in [2.45, 2.75) is 18.9 Å². The molecule has 0 amide bonds. The lowest BCUT2D eigenvalue weighted by Gasteiger charge is -2.15. The second kappa shape index (κ2) is 6.93. The van der Waals surface area contributed by atoms with Gasteiger partial charge in [-0.15, -0.1) is 19.0 Å². The van der Waals surface area contributed by atoms with Gasteiger partial charge in [-0.1, -0.05) is 6.08 Å². The standard InChI is InChI=1S/C11H12BrF2NO.ClH/c1-2-3-4-8(15)9-10(14)7(13)5-6(12)11(9)16;/h2,5,8,16H,1,3-4,15H2;1H/t8-;/m1./s1. The van der Waals surface area contributed by atoms with Crippen LogP contribution in [0.2, 0.25) is 0 Å². The van der Waals surface area contributed by atoms with E-state index >= 15 is 0 Å². The third kappa shape index (κ3) is 3.66. The minimum absolute atomic E-state index is 0. The third-order valence-corrected chi connectivity index (χ3v) is 2.84. The molecule has 0 aromatic heterocycles. The normalized spacial score (nSPS) is 11.8. The van der Waals surface area contributed by atoms with E-state index in [2.05, 4.69) is 22.5 Å². The van der Waals surface area contributed by atoms with E-state index in [1.54, 1.807) is 6.08 Å². The van der Waals surface area contributed by atoms with Gasteiger partial charge < -0.3 is 10.8 Å². The number of rotatable bonds is 4. The van der Waals surface area contributed by atoms with Crippen LogP contribution in [0.3, 0.4) is 0 Å². The molecule has 2 nitrogen and oxygen atoms in total. The molecule has 0 aliphatic carbocycles. The quantitative estimate of drug-likeness (QED) is 0.652. The number of aromatic hydroxyl groups is 1. The minimum atomic E-state index is -1.10. The number of benzene rings is 1. The predicted octanol–water partition coefficient (Wildman–Crippen LogP) is 3.82. The second-order valence-corrected chi connectivity index (χ2v) is 4.24. The summed E-state index contributed by atoms with van der Waals surface area (Å²) in [7, 11) is 0. The molecule has 0 heterocycles. The summed E-state index contributed by atoms with van der Waals surface area (Å²) in [6, 6.07) is 0.110. The van der Waals surface area contributed by atoms with Gasteiger partial charge in [0.15, 0.2) is 11.6 Å². The van der Waals surface area contributed by atoms with Gasteiger partial charge in [0.1, 0.15) is 5.75 Å². The second-order valence-electron chi connectivity index (χ2n) is 3.39. The van der Waals surface area contributed by atoms with E-state index in [9.17, 15) is 13.9 Å². The number of nitrogens with two attached hydrogens (primary N) is 1. The van der Waals surface area contributed by atoms with Crippen molar-refractivity contribution in [3.8, 4) is 5.75 Å². The molecule has 0 bridgehead atoms. The first kappa shape index (κ1) is 16.4. The molecule has 0 fully saturated rings. The molecule has 0 aliphatic rings. The fourth-order valence-corrected chi connectivity index (χ4v) is 1.80. The summed E-state index contributed by atoms with van der Waals surface area (Å²) >= 11 is 2.94. The molecule has 1 aromatic carbocycles. The van der Waals surface area contributed by atoms with Crippen molar-refractivity contribution in [2.75, 3.05) is 0 Å². The maximum Gasteiger partial charge on any atom is 0.167 e. The van der Waals surface area contributed by atoms with Gasteiger partial charge in [-0.2, -0.15) is 0 Å². The van der Waals surface area contributed by atoms with Gasteiger partial charge in [0.25, 0.3) is 0 Å². The Kier molecular flexibility index (Phi) is 6.67. The molecule has 6 heteroatoms. The summed E-state index contributed by atoms with van der Waals surface area (Å²) in [6.45, 7) is 3.51. The van der Waals surface area contributed by atoms with E-state index in [1.165, 1.54) is 0 Å². The first-order valence-electron chi connectivity index (χ1n) is 4.71. The average Bonchev–Trinajstić information content (AvgIpc) is 2.24. The van der Waals surface area contributed by atoms with Crippen LogP contribution in [0.5, 0.6) is 5.75 Å². The molecule has 0 radical (unpaired) electrons. The fraction of sp³-hybridized carbons (Fsp3) is 0.273. The molecule has 17 heavy (non-hydrogen) atoms. The molecule has 0 saturated carbocycles. The highest BCUT2D eigenvalue weighted by Crippen LogP contribution is 2.36. The number of halogens is 4. The molecule has 0 unspecified atom stereocenters. The van der Waals surface area contributed by atoms with Crippen LogP contribution < -0.4 is 5.73 Å². The van der Waals surface area contributed by atoms with Crippen molar-refractivity contribution in [3.63, 3.8) is 0 Å². The van der Waals surface area contributed by atoms with Gasteiger partial charge in [-0.05, 0) is 34.8 Å². The van der Waals surface area contributed by atoms with Crippen LogP contribution in [0.1, 0.15) is 24.4 Å². The highest BCUT2D eigenvalue weighted by molar-refractivity contribution is 9.10. The van der Waals surface area contributed by atoms with Crippen LogP contribution in [-0.2, 0) is 0 Å². The molecule has 1 atom stereocenters. The van der Waals surface area contributed by atoms with Gasteiger partial charge in [0.2, 0.25) is 0 Å². The first-order chi connectivity index (χ1) is 7.49. The SMILES string of the molecule is C=CCC[C@@H](N)c1c(O)c(Br)cc(F)c1F.Cl. The molecule has 96 valence electrons. The summed E-state index contributed by atoms with van der Waals surface area (Å²) in [6.07, 6.45) is 2.58. The summed E-state index contributed by atoms with van der Waals surface area (Å²) < 4.78 is 26.7. The topological polar surface area (TPSA) is 46.2 Å². The zero-order chi connectivity index (χ0) is 12.3. The monoisotopic (exact) mass is 327 g/mol. The Bertz CT molecular complexity index is 389. The van der Waals surface area contributed by atoms with E-state index in [-0.39, 0.29) is 28.2 Å². The van der Waals surface area contributed by atoms with Gasteiger partial charge in [-0.3, -0.25) is 0 Å². The van der Waals surface area contributed by atoms with Crippen molar-refractivity contribution in [1.82, 2.24) is 0 Å². The number of allylic oxidation sites excluding steroid dienone is 1. The zero-order valence-electron chi connectivity index (χ0n) is 8.92. The highest BCUT2D eigenvalue weighted by atomic mass is 79.9. The molecule has 0 saturated heterocycles. The Morgan fingerprint density at radius 3 is 2.65 bits per heavy atom. The van der Waals surface area contributed by atoms with E-state index < -0.39 is 17.7 Å². The highest BCUT2D eigenvalue weighted by Gasteiger charge is 2.21. The third-order valence-electron chi connectivity index (χ3n) is 2.23. The lowest BCUT2D eigenvalue weighted by molar-refractivity contribution is 0.424. The number of hydrogen-bond acceptors (Lipinski definition) is 2. The molecule has 0 spiro atoms. The van der Waals surface area contributed by atoms with Crippen LogP contribution in [0.25, 0.3) is 0 Å². The van der Waals surface area contributed by atoms with E-state index in [4.69, 9.17) is 5.73 Å². The van der Waals surface area contributed by atoms with Crippen molar-refractivity contribution < 1.29 is 13.9 Å². The van der Waals surface area contributed by atoms with Crippen LogP contribution in [0.4, 0.5) is 8.78 Å². The maximum absolute atomic E-state index is 13.5. The van der Waals surface area contributed by atoms with Crippen molar-refractivity contribution in [3.05, 3.63) is 40.4 Å². The first-order valence-corrected chi connectivity index (χ1v) is 5.51. The van der Waals surface area contributed by atoms with Crippen molar-refractivity contribution >= 4 is 28.3 Å². The smallest absolute Gasteiger partial charge is 0.167 e. The molecule has 0 aliphatic heterocycles. The van der Waals surface area contributed by atoms with E-state index in [0.717, 1.165) is 6.07 Å². The minimum Gasteiger partial charge on any atom is -0.506 e. The Morgan fingerprint density at radius 2 is 2.12 bits per heavy atom. The molecular weight excluding hydrogens is 315 g/mol.